The molecular weight excluding hydrogens is 379 g/mol. The number of aromatic nitrogens is 3. The van der Waals surface area contributed by atoms with Crippen LogP contribution in [0.3, 0.4) is 0 Å². The van der Waals surface area contributed by atoms with E-state index in [9.17, 15) is 9.18 Å². The second kappa shape index (κ2) is 7.99. The number of anilines is 1. The fourth-order valence-corrected chi connectivity index (χ4v) is 3.40. The van der Waals surface area contributed by atoms with Crippen LogP contribution >= 0.6 is 0 Å². The van der Waals surface area contributed by atoms with Crippen molar-refractivity contribution in [2.24, 2.45) is 0 Å². The Labute approximate surface area is 174 Å². The third-order valence-electron chi connectivity index (χ3n) is 5.02. The molecular formula is C24H23FN4O. The number of benzene rings is 2. The van der Waals surface area contributed by atoms with E-state index in [0.717, 1.165) is 5.69 Å². The van der Waals surface area contributed by atoms with Crippen molar-refractivity contribution in [3.05, 3.63) is 95.7 Å². The summed E-state index contributed by atoms with van der Waals surface area (Å²) in [6.45, 7) is 6.05. The summed E-state index contributed by atoms with van der Waals surface area (Å²) in [7, 11) is 0. The number of carbonyl (C=O) groups excluding carboxylic acids is 1. The maximum atomic E-state index is 13.4. The molecule has 1 N–H and O–H groups in total. The number of amides is 1. The molecule has 0 aliphatic heterocycles. The van der Waals surface area contributed by atoms with Gasteiger partial charge in [0.15, 0.2) is 5.82 Å². The fourth-order valence-electron chi connectivity index (χ4n) is 3.40. The molecule has 0 saturated carbocycles. The highest BCUT2D eigenvalue weighted by atomic mass is 19.1. The lowest BCUT2D eigenvalue weighted by Crippen LogP contribution is -2.16. The van der Waals surface area contributed by atoms with Crippen LogP contribution in [-0.2, 0) is 0 Å². The van der Waals surface area contributed by atoms with Crippen molar-refractivity contribution < 1.29 is 9.18 Å². The zero-order chi connectivity index (χ0) is 21.3. The Morgan fingerprint density at radius 2 is 1.63 bits per heavy atom. The van der Waals surface area contributed by atoms with E-state index < -0.39 is 0 Å². The van der Waals surface area contributed by atoms with Crippen molar-refractivity contribution in [2.75, 3.05) is 5.32 Å². The Morgan fingerprint density at radius 1 is 1.00 bits per heavy atom. The molecule has 0 bridgehead atoms. The van der Waals surface area contributed by atoms with Gasteiger partial charge in [0.25, 0.3) is 5.91 Å². The molecule has 0 spiro atoms. The summed E-state index contributed by atoms with van der Waals surface area (Å²) in [6, 6.07) is 17.6. The number of aryl methyl sites for hydroxylation is 1. The third-order valence-corrected chi connectivity index (χ3v) is 5.02. The van der Waals surface area contributed by atoms with E-state index in [0.29, 0.717) is 28.7 Å². The smallest absolute Gasteiger partial charge is 0.261 e. The Kier molecular flexibility index (Phi) is 5.23. The summed E-state index contributed by atoms with van der Waals surface area (Å²) in [6.07, 6.45) is 3.70. The first-order chi connectivity index (χ1) is 14.4. The van der Waals surface area contributed by atoms with E-state index in [-0.39, 0.29) is 11.7 Å². The van der Waals surface area contributed by atoms with Gasteiger partial charge in [0.2, 0.25) is 0 Å². The normalized spacial score (nSPS) is 11.1. The summed E-state index contributed by atoms with van der Waals surface area (Å²) < 4.78 is 16.9. The van der Waals surface area contributed by atoms with E-state index in [1.54, 1.807) is 23.7 Å². The monoisotopic (exact) mass is 402 g/mol. The zero-order valence-corrected chi connectivity index (χ0v) is 17.1. The summed E-state index contributed by atoms with van der Waals surface area (Å²) in [4.78, 5) is 13.2. The van der Waals surface area contributed by atoms with Crippen LogP contribution in [0, 0.1) is 12.7 Å². The maximum Gasteiger partial charge on any atom is 0.261 e. The molecule has 1 amide bonds. The largest absolute Gasteiger partial charge is 0.322 e. The van der Waals surface area contributed by atoms with Crippen LogP contribution in [0.2, 0.25) is 0 Å². The molecule has 0 atom stereocenters. The van der Waals surface area contributed by atoms with Gasteiger partial charge >= 0.3 is 0 Å². The van der Waals surface area contributed by atoms with Crippen molar-refractivity contribution in [1.82, 2.24) is 14.3 Å². The predicted octanol–water partition coefficient (Wildman–Crippen LogP) is 5.49. The highest BCUT2D eigenvalue weighted by Crippen LogP contribution is 2.25. The van der Waals surface area contributed by atoms with Crippen LogP contribution in [-0.4, -0.2) is 20.3 Å². The summed E-state index contributed by atoms with van der Waals surface area (Å²) in [5.41, 5.74) is 3.64. The van der Waals surface area contributed by atoms with Gasteiger partial charge in [-0.05, 0) is 66.9 Å². The summed E-state index contributed by atoms with van der Waals surface area (Å²) in [5.74, 6) is 0.446. The summed E-state index contributed by atoms with van der Waals surface area (Å²) in [5, 5.41) is 7.55. The SMILES string of the molecule is Cc1nn(-c2ccc(F)cc2)c(-n2cccc2)c1C(=O)Nc1ccc(C(C)C)cc1. The number of hydrogen-bond donors (Lipinski definition) is 1. The average Bonchev–Trinajstić information content (AvgIpc) is 3.36. The predicted molar refractivity (Wildman–Crippen MR) is 116 cm³/mol. The van der Waals surface area contributed by atoms with Gasteiger partial charge in [-0.15, -0.1) is 0 Å². The van der Waals surface area contributed by atoms with Crippen LogP contribution in [0.15, 0.2) is 73.1 Å². The van der Waals surface area contributed by atoms with E-state index in [1.807, 2.05) is 53.4 Å². The lowest BCUT2D eigenvalue weighted by Gasteiger charge is -2.12. The van der Waals surface area contributed by atoms with Crippen molar-refractivity contribution in [3.8, 4) is 11.5 Å². The molecule has 4 aromatic rings. The Morgan fingerprint density at radius 3 is 2.23 bits per heavy atom. The minimum Gasteiger partial charge on any atom is -0.322 e. The Balaban J connectivity index is 1.75. The maximum absolute atomic E-state index is 13.4. The van der Waals surface area contributed by atoms with Gasteiger partial charge in [-0.3, -0.25) is 4.79 Å². The molecule has 0 aliphatic rings. The van der Waals surface area contributed by atoms with Crippen LogP contribution < -0.4 is 5.32 Å². The lowest BCUT2D eigenvalue weighted by molar-refractivity contribution is 0.102. The minimum atomic E-state index is -0.326. The molecule has 2 heterocycles. The van der Waals surface area contributed by atoms with Crippen LogP contribution in [0.25, 0.3) is 11.5 Å². The molecule has 5 nitrogen and oxygen atoms in total. The zero-order valence-electron chi connectivity index (χ0n) is 17.1. The van der Waals surface area contributed by atoms with E-state index in [4.69, 9.17) is 0 Å². The molecule has 2 aromatic heterocycles. The van der Waals surface area contributed by atoms with Crippen molar-refractivity contribution in [2.45, 2.75) is 26.7 Å². The highest BCUT2D eigenvalue weighted by Gasteiger charge is 2.24. The van der Waals surface area contributed by atoms with Gasteiger partial charge in [0.05, 0.1) is 11.4 Å². The fraction of sp³-hybridized carbons (Fsp3) is 0.167. The minimum absolute atomic E-state index is 0.248. The molecule has 0 saturated heterocycles. The summed E-state index contributed by atoms with van der Waals surface area (Å²) >= 11 is 0. The number of nitrogens with one attached hydrogen (secondary N) is 1. The Bertz CT molecular complexity index is 1160. The Hall–Kier alpha value is -3.67. The number of carbonyl (C=O) groups is 1. The van der Waals surface area contributed by atoms with E-state index >= 15 is 0 Å². The molecule has 30 heavy (non-hydrogen) atoms. The third kappa shape index (κ3) is 3.76. The lowest BCUT2D eigenvalue weighted by atomic mass is 10.0. The van der Waals surface area contributed by atoms with Crippen LogP contribution in [0.1, 0.15) is 41.4 Å². The van der Waals surface area contributed by atoms with Gasteiger partial charge < -0.3 is 9.88 Å². The number of hydrogen-bond acceptors (Lipinski definition) is 2. The van der Waals surface area contributed by atoms with Gasteiger partial charge in [-0.1, -0.05) is 26.0 Å². The molecule has 6 heteroatoms. The molecule has 2 aromatic carbocycles. The van der Waals surface area contributed by atoms with Crippen LogP contribution in [0.4, 0.5) is 10.1 Å². The van der Waals surface area contributed by atoms with Crippen molar-refractivity contribution in [3.63, 3.8) is 0 Å². The van der Waals surface area contributed by atoms with Gasteiger partial charge in [-0.2, -0.15) is 5.10 Å². The molecule has 0 fully saturated rings. The van der Waals surface area contributed by atoms with Crippen molar-refractivity contribution >= 4 is 11.6 Å². The second-order valence-corrected chi connectivity index (χ2v) is 7.49. The topological polar surface area (TPSA) is 51.9 Å². The number of rotatable bonds is 5. The van der Waals surface area contributed by atoms with Gasteiger partial charge in [0, 0.05) is 18.1 Å². The molecule has 0 unspecified atom stereocenters. The van der Waals surface area contributed by atoms with Crippen molar-refractivity contribution in [1.29, 1.82) is 0 Å². The second-order valence-electron chi connectivity index (χ2n) is 7.49. The van der Waals surface area contributed by atoms with E-state index in [2.05, 4.69) is 24.3 Å². The number of halogens is 1. The van der Waals surface area contributed by atoms with Crippen LogP contribution in [0.5, 0.6) is 0 Å². The highest BCUT2D eigenvalue weighted by molar-refractivity contribution is 6.07. The quantitative estimate of drug-likeness (QED) is 0.480. The molecule has 152 valence electrons. The van der Waals surface area contributed by atoms with Gasteiger partial charge in [0.1, 0.15) is 11.4 Å². The average molecular weight is 402 g/mol. The first-order valence-electron chi connectivity index (χ1n) is 9.84. The standard InChI is InChI=1S/C24H23FN4O/c1-16(2)18-6-10-20(11-7-18)26-23(30)22-17(3)27-29(21-12-8-19(25)9-13-21)24(22)28-14-4-5-15-28/h4-16H,1-3H3,(H,26,30). The molecule has 4 rings (SSSR count). The number of nitrogens with zero attached hydrogens (tertiary/aromatic N) is 3. The molecule has 0 aliphatic carbocycles. The van der Waals surface area contributed by atoms with E-state index in [1.165, 1.54) is 17.7 Å². The van der Waals surface area contributed by atoms with Gasteiger partial charge in [-0.25, -0.2) is 9.07 Å². The molecule has 0 radical (unpaired) electrons. The first kappa shape index (κ1) is 19.6. The first-order valence-corrected chi connectivity index (χ1v) is 9.84.